The zero-order chi connectivity index (χ0) is 16.4. The second-order valence-corrected chi connectivity index (χ2v) is 7.21. The number of aliphatic hydroxyl groups excluding tert-OH is 1. The molecule has 5 heteroatoms. The van der Waals surface area contributed by atoms with Crippen molar-refractivity contribution < 1.29 is 19.4 Å². The van der Waals surface area contributed by atoms with E-state index in [0.717, 1.165) is 12.8 Å². The van der Waals surface area contributed by atoms with Crippen molar-refractivity contribution in [2.24, 2.45) is 17.8 Å². The predicted octanol–water partition coefficient (Wildman–Crippen LogP) is 3.45. The highest BCUT2D eigenvalue weighted by atomic mass is 35.5. The Kier molecular flexibility index (Phi) is 5.12. The van der Waals surface area contributed by atoms with Crippen LogP contribution in [0.3, 0.4) is 0 Å². The molecule has 1 saturated heterocycles. The summed E-state index contributed by atoms with van der Waals surface area (Å²) >= 11 is 5.90. The van der Waals surface area contributed by atoms with E-state index < -0.39 is 6.10 Å². The lowest BCUT2D eigenvalue weighted by Crippen LogP contribution is -2.22. The summed E-state index contributed by atoms with van der Waals surface area (Å²) in [5.74, 6) is 1.92. The highest BCUT2D eigenvalue weighted by Gasteiger charge is 2.47. The molecule has 2 aliphatic rings. The number of fused-ring (bicyclic) bond motifs is 1. The number of carbonyl (C=O) groups is 1. The third-order valence-electron chi connectivity index (χ3n) is 5.12. The summed E-state index contributed by atoms with van der Waals surface area (Å²) < 4.78 is 11.0. The number of rotatable bonds is 6. The Morgan fingerprint density at radius 2 is 2.30 bits per heavy atom. The maximum atomic E-state index is 11.4. The van der Waals surface area contributed by atoms with E-state index in [9.17, 15) is 9.90 Å². The van der Waals surface area contributed by atoms with Crippen LogP contribution < -0.4 is 4.74 Å². The van der Waals surface area contributed by atoms with Crippen molar-refractivity contribution in [1.82, 2.24) is 0 Å². The lowest BCUT2D eigenvalue weighted by molar-refractivity contribution is -0.141. The van der Waals surface area contributed by atoms with Gasteiger partial charge in [0, 0.05) is 10.9 Å². The van der Waals surface area contributed by atoms with Crippen LogP contribution >= 0.6 is 11.6 Å². The van der Waals surface area contributed by atoms with Crippen molar-refractivity contribution >= 4 is 17.6 Å². The number of benzene rings is 1. The molecule has 23 heavy (non-hydrogen) atoms. The smallest absolute Gasteiger partial charge is 0.306 e. The van der Waals surface area contributed by atoms with Gasteiger partial charge in [-0.3, -0.25) is 4.79 Å². The molecule has 1 aromatic rings. The summed E-state index contributed by atoms with van der Waals surface area (Å²) in [7, 11) is 0. The fourth-order valence-corrected chi connectivity index (χ4v) is 4.14. The van der Waals surface area contributed by atoms with Gasteiger partial charge in [0.2, 0.25) is 0 Å². The maximum Gasteiger partial charge on any atom is 0.306 e. The van der Waals surface area contributed by atoms with Gasteiger partial charge in [-0.15, -0.1) is 0 Å². The van der Waals surface area contributed by atoms with Crippen LogP contribution in [0.1, 0.15) is 32.6 Å². The highest BCUT2D eigenvalue weighted by molar-refractivity contribution is 6.30. The Hall–Kier alpha value is -1.26. The van der Waals surface area contributed by atoms with Crippen LogP contribution in [0.2, 0.25) is 5.02 Å². The zero-order valence-electron chi connectivity index (χ0n) is 13.3. The number of esters is 1. The average Bonchev–Trinajstić information content (AvgIpc) is 2.98. The van der Waals surface area contributed by atoms with E-state index in [1.807, 2.05) is 12.1 Å². The maximum absolute atomic E-state index is 11.4. The predicted molar refractivity (Wildman–Crippen MR) is 87.4 cm³/mol. The molecule has 0 unspecified atom stereocenters. The Bertz CT molecular complexity index is 562. The Balaban J connectivity index is 1.45. The quantitative estimate of drug-likeness (QED) is 0.807. The topological polar surface area (TPSA) is 55.8 Å². The van der Waals surface area contributed by atoms with Crippen LogP contribution in [0, 0.1) is 17.8 Å². The van der Waals surface area contributed by atoms with Gasteiger partial charge in [-0.2, -0.15) is 0 Å². The van der Waals surface area contributed by atoms with Crippen molar-refractivity contribution in [3.8, 4) is 5.75 Å². The summed E-state index contributed by atoms with van der Waals surface area (Å²) in [5, 5.41) is 10.8. The molecular weight excluding hydrogens is 316 g/mol. The summed E-state index contributed by atoms with van der Waals surface area (Å²) in [4.78, 5) is 11.4. The summed E-state index contributed by atoms with van der Waals surface area (Å²) in [5.41, 5.74) is 0. The van der Waals surface area contributed by atoms with Crippen molar-refractivity contribution in [2.75, 3.05) is 6.61 Å². The molecule has 1 heterocycles. The van der Waals surface area contributed by atoms with Crippen LogP contribution in [-0.2, 0) is 9.53 Å². The molecule has 5 atom stereocenters. The first-order chi connectivity index (χ1) is 11.0. The Morgan fingerprint density at radius 1 is 1.48 bits per heavy atom. The standard InChI is InChI=1S/C18H23ClO4/c1-11-7-17-16(9-18(21)23-17)15(11)6-5-13(20)10-22-14-4-2-3-12(19)8-14/h2-4,8,11,13,15-17,20H,5-7,9-10H2,1H3/t11-,13+,15+,16-,17+/m1/s1. The highest BCUT2D eigenvalue weighted by Crippen LogP contribution is 2.46. The minimum atomic E-state index is -0.516. The first-order valence-corrected chi connectivity index (χ1v) is 8.66. The van der Waals surface area contributed by atoms with Crippen molar-refractivity contribution in [1.29, 1.82) is 0 Å². The van der Waals surface area contributed by atoms with Gasteiger partial charge in [-0.1, -0.05) is 24.6 Å². The summed E-state index contributed by atoms with van der Waals surface area (Å²) in [6.45, 7) is 2.47. The monoisotopic (exact) mass is 338 g/mol. The second kappa shape index (κ2) is 7.10. The summed E-state index contributed by atoms with van der Waals surface area (Å²) in [6.07, 6.45) is 2.65. The van der Waals surface area contributed by atoms with Crippen LogP contribution in [0.5, 0.6) is 5.75 Å². The molecular formula is C18H23ClO4. The van der Waals surface area contributed by atoms with Crippen molar-refractivity contribution in [3.63, 3.8) is 0 Å². The van der Waals surface area contributed by atoms with Gasteiger partial charge in [0.15, 0.2) is 0 Å². The SMILES string of the molecule is C[C@@H]1C[C@@H]2OC(=O)C[C@@H]2[C@H]1CC[C@H](O)COc1cccc(Cl)c1. The first kappa shape index (κ1) is 16.6. The average molecular weight is 339 g/mol. The van der Waals surface area contributed by atoms with Crippen molar-refractivity contribution in [3.05, 3.63) is 29.3 Å². The molecule has 3 rings (SSSR count). The van der Waals surface area contributed by atoms with Crippen LogP contribution in [0.25, 0.3) is 0 Å². The van der Waals surface area contributed by atoms with Crippen LogP contribution in [0.15, 0.2) is 24.3 Å². The lowest BCUT2D eigenvalue weighted by Gasteiger charge is -2.21. The fraction of sp³-hybridized carbons (Fsp3) is 0.611. The van der Waals surface area contributed by atoms with Gasteiger partial charge in [-0.25, -0.2) is 0 Å². The van der Waals surface area contributed by atoms with E-state index in [1.54, 1.807) is 12.1 Å². The molecule has 0 radical (unpaired) electrons. The fourth-order valence-electron chi connectivity index (χ4n) is 3.96. The Morgan fingerprint density at radius 3 is 3.09 bits per heavy atom. The molecule has 0 amide bonds. The first-order valence-electron chi connectivity index (χ1n) is 8.29. The van der Waals surface area contributed by atoms with E-state index in [0.29, 0.717) is 41.4 Å². The minimum absolute atomic E-state index is 0.0678. The number of carbonyl (C=O) groups excluding carboxylic acids is 1. The third kappa shape index (κ3) is 3.99. The Labute approximate surface area is 141 Å². The van der Waals surface area contributed by atoms with Gasteiger partial charge in [-0.05, 0) is 49.3 Å². The number of ether oxygens (including phenoxy) is 2. The molecule has 126 valence electrons. The van der Waals surface area contributed by atoms with Gasteiger partial charge >= 0.3 is 5.97 Å². The molecule has 1 aliphatic carbocycles. The molecule has 0 aromatic heterocycles. The van der Waals surface area contributed by atoms with Gasteiger partial charge in [0.25, 0.3) is 0 Å². The van der Waals surface area contributed by atoms with Gasteiger partial charge in [0.05, 0.1) is 12.5 Å². The molecule has 0 bridgehead atoms. The molecule has 1 aromatic carbocycles. The van der Waals surface area contributed by atoms with E-state index in [4.69, 9.17) is 21.1 Å². The molecule has 4 nitrogen and oxygen atoms in total. The minimum Gasteiger partial charge on any atom is -0.491 e. The second-order valence-electron chi connectivity index (χ2n) is 6.77. The third-order valence-corrected chi connectivity index (χ3v) is 5.35. The van der Waals surface area contributed by atoms with E-state index in [2.05, 4.69) is 6.92 Å². The van der Waals surface area contributed by atoms with Gasteiger partial charge < -0.3 is 14.6 Å². The largest absolute Gasteiger partial charge is 0.491 e. The lowest BCUT2D eigenvalue weighted by atomic mass is 9.84. The summed E-state index contributed by atoms with van der Waals surface area (Å²) in [6, 6.07) is 7.17. The normalized spacial score (nSPS) is 30.8. The molecule has 1 aliphatic heterocycles. The number of hydrogen-bond acceptors (Lipinski definition) is 4. The van der Waals surface area contributed by atoms with Crippen molar-refractivity contribution in [2.45, 2.75) is 44.8 Å². The molecule has 0 spiro atoms. The number of halogens is 1. The molecule has 2 fully saturated rings. The van der Waals surface area contributed by atoms with E-state index in [-0.39, 0.29) is 18.7 Å². The van der Waals surface area contributed by atoms with Crippen LogP contribution in [-0.4, -0.2) is 29.9 Å². The molecule has 1 saturated carbocycles. The number of hydrogen-bond donors (Lipinski definition) is 1. The zero-order valence-corrected chi connectivity index (χ0v) is 14.0. The molecule has 1 N–H and O–H groups in total. The van der Waals surface area contributed by atoms with Crippen LogP contribution in [0.4, 0.5) is 0 Å². The van der Waals surface area contributed by atoms with E-state index in [1.165, 1.54) is 0 Å². The van der Waals surface area contributed by atoms with E-state index >= 15 is 0 Å². The van der Waals surface area contributed by atoms with Gasteiger partial charge in [0.1, 0.15) is 18.5 Å². The number of aliphatic hydroxyl groups is 1.